The lowest BCUT2D eigenvalue weighted by Crippen LogP contribution is -2.30. The van der Waals surface area contributed by atoms with Crippen LogP contribution in [0, 0.1) is 0 Å². The van der Waals surface area contributed by atoms with Gasteiger partial charge in [0.25, 0.3) is 0 Å². The van der Waals surface area contributed by atoms with E-state index in [1.807, 2.05) is 12.1 Å². The van der Waals surface area contributed by atoms with E-state index in [4.69, 9.17) is 5.73 Å². The summed E-state index contributed by atoms with van der Waals surface area (Å²) in [5.41, 5.74) is 7.09. The van der Waals surface area contributed by atoms with E-state index in [2.05, 4.69) is 5.10 Å². The summed E-state index contributed by atoms with van der Waals surface area (Å²) in [5, 5.41) is 4.00. The van der Waals surface area contributed by atoms with Gasteiger partial charge in [-0.05, 0) is 30.3 Å². The Morgan fingerprint density at radius 1 is 1.41 bits per heavy atom. The van der Waals surface area contributed by atoms with E-state index in [9.17, 15) is 4.79 Å². The number of carbonyl (C=O) groups excluding carboxylic acids is 1. The highest BCUT2D eigenvalue weighted by atomic mass is 16.2. The van der Waals surface area contributed by atoms with Crippen LogP contribution >= 0.6 is 0 Å². The molecule has 88 valence electrons. The lowest BCUT2D eigenvalue weighted by Gasteiger charge is -2.17. The molecule has 0 fully saturated rings. The van der Waals surface area contributed by atoms with Gasteiger partial charge in [0, 0.05) is 30.8 Å². The molecule has 5 heteroatoms. The number of likely N-dealkylation sites (N-methyl/N-ethyl adjacent to an activating group) is 1. The molecular formula is C12H14N4O. The Kier molecular flexibility index (Phi) is 3.09. The highest BCUT2D eigenvalue weighted by molar-refractivity contribution is 5.92. The summed E-state index contributed by atoms with van der Waals surface area (Å²) in [6.07, 6.45) is 3.41. The molecule has 1 heterocycles. The summed E-state index contributed by atoms with van der Waals surface area (Å²) in [5.74, 6) is -0.0292. The van der Waals surface area contributed by atoms with E-state index in [1.165, 1.54) is 0 Å². The maximum atomic E-state index is 11.9. The van der Waals surface area contributed by atoms with Crippen LogP contribution in [0.2, 0.25) is 0 Å². The van der Waals surface area contributed by atoms with E-state index < -0.39 is 0 Å². The molecule has 2 N–H and O–H groups in total. The molecular weight excluding hydrogens is 216 g/mol. The molecule has 1 aromatic carbocycles. The molecule has 0 saturated heterocycles. The standard InChI is InChI=1S/C12H14N4O/c1-15(11-5-3-10(13)4-6-11)12(17)9-16-8-2-7-14-16/h2-8H,9,13H2,1H3. The van der Waals surface area contributed by atoms with E-state index in [0.717, 1.165) is 5.69 Å². The Morgan fingerprint density at radius 2 is 2.12 bits per heavy atom. The van der Waals surface area contributed by atoms with Crippen molar-refractivity contribution in [3.8, 4) is 0 Å². The second-order valence-corrected chi connectivity index (χ2v) is 3.75. The first-order valence-electron chi connectivity index (χ1n) is 5.26. The van der Waals surface area contributed by atoms with Crippen LogP contribution in [0.5, 0.6) is 0 Å². The van der Waals surface area contributed by atoms with Gasteiger partial charge in [-0.1, -0.05) is 0 Å². The van der Waals surface area contributed by atoms with Gasteiger partial charge < -0.3 is 10.6 Å². The van der Waals surface area contributed by atoms with Crippen LogP contribution in [-0.2, 0) is 11.3 Å². The summed E-state index contributed by atoms with van der Waals surface area (Å²) in [7, 11) is 1.73. The number of carbonyl (C=O) groups is 1. The Morgan fingerprint density at radius 3 is 2.71 bits per heavy atom. The van der Waals surface area contributed by atoms with Crippen molar-refractivity contribution in [2.45, 2.75) is 6.54 Å². The molecule has 0 aliphatic heterocycles. The molecule has 2 aromatic rings. The maximum Gasteiger partial charge on any atom is 0.248 e. The largest absolute Gasteiger partial charge is 0.399 e. The van der Waals surface area contributed by atoms with Crippen molar-refractivity contribution in [2.24, 2.45) is 0 Å². The van der Waals surface area contributed by atoms with Crippen LogP contribution in [0.4, 0.5) is 11.4 Å². The fourth-order valence-electron chi connectivity index (χ4n) is 1.48. The van der Waals surface area contributed by atoms with Crippen molar-refractivity contribution in [2.75, 3.05) is 17.7 Å². The molecule has 17 heavy (non-hydrogen) atoms. The summed E-state index contributed by atoms with van der Waals surface area (Å²) < 4.78 is 1.59. The fourth-order valence-corrected chi connectivity index (χ4v) is 1.48. The van der Waals surface area contributed by atoms with Crippen molar-refractivity contribution >= 4 is 17.3 Å². The Bertz CT molecular complexity index is 490. The van der Waals surface area contributed by atoms with Crippen molar-refractivity contribution in [1.29, 1.82) is 0 Å². The molecule has 0 radical (unpaired) electrons. The monoisotopic (exact) mass is 230 g/mol. The summed E-state index contributed by atoms with van der Waals surface area (Å²) in [6, 6.07) is 8.96. The number of hydrogen-bond acceptors (Lipinski definition) is 3. The highest BCUT2D eigenvalue weighted by Gasteiger charge is 2.11. The number of nitrogen functional groups attached to an aromatic ring is 1. The molecule has 0 aliphatic rings. The molecule has 0 saturated carbocycles. The SMILES string of the molecule is CN(C(=O)Cn1cccn1)c1ccc(N)cc1. The van der Waals surface area contributed by atoms with Gasteiger partial charge in [-0.15, -0.1) is 0 Å². The Balaban J connectivity index is 2.07. The third kappa shape index (κ3) is 2.63. The smallest absolute Gasteiger partial charge is 0.248 e. The minimum Gasteiger partial charge on any atom is -0.399 e. The molecule has 0 bridgehead atoms. The first-order chi connectivity index (χ1) is 8.16. The number of nitrogens with zero attached hydrogens (tertiary/aromatic N) is 3. The normalized spacial score (nSPS) is 10.2. The summed E-state index contributed by atoms with van der Waals surface area (Å²) in [4.78, 5) is 13.5. The van der Waals surface area contributed by atoms with Crippen molar-refractivity contribution in [3.05, 3.63) is 42.7 Å². The first-order valence-corrected chi connectivity index (χ1v) is 5.26. The lowest BCUT2D eigenvalue weighted by atomic mass is 10.2. The minimum absolute atomic E-state index is 0.0292. The molecule has 1 amide bonds. The number of anilines is 2. The average molecular weight is 230 g/mol. The van der Waals surface area contributed by atoms with Crippen LogP contribution < -0.4 is 10.6 Å². The van der Waals surface area contributed by atoms with Crippen molar-refractivity contribution in [3.63, 3.8) is 0 Å². The average Bonchev–Trinajstić information content (AvgIpc) is 2.82. The molecule has 0 aliphatic carbocycles. The molecule has 5 nitrogen and oxygen atoms in total. The number of nitrogens with two attached hydrogens (primary N) is 1. The van der Waals surface area contributed by atoms with E-state index in [1.54, 1.807) is 47.2 Å². The zero-order chi connectivity index (χ0) is 12.3. The minimum atomic E-state index is -0.0292. The second kappa shape index (κ2) is 4.69. The first kappa shape index (κ1) is 11.2. The molecule has 0 unspecified atom stereocenters. The van der Waals surface area contributed by atoms with E-state index in [0.29, 0.717) is 5.69 Å². The number of benzene rings is 1. The molecule has 1 aromatic heterocycles. The van der Waals surface area contributed by atoms with Gasteiger partial charge in [0.05, 0.1) is 0 Å². The van der Waals surface area contributed by atoms with Gasteiger partial charge in [0.2, 0.25) is 5.91 Å². The molecule has 0 spiro atoms. The quantitative estimate of drug-likeness (QED) is 0.804. The number of hydrogen-bond donors (Lipinski definition) is 1. The summed E-state index contributed by atoms with van der Waals surface area (Å²) in [6.45, 7) is 0.230. The lowest BCUT2D eigenvalue weighted by molar-refractivity contribution is -0.119. The highest BCUT2D eigenvalue weighted by Crippen LogP contribution is 2.15. The third-order valence-electron chi connectivity index (χ3n) is 2.51. The van der Waals surface area contributed by atoms with Gasteiger partial charge in [-0.2, -0.15) is 5.10 Å². The summed E-state index contributed by atoms with van der Waals surface area (Å²) >= 11 is 0. The van der Waals surface area contributed by atoms with Crippen molar-refractivity contribution < 1.29 is 4.79 Å². The predicted molar refractivity (Wildman–Crippen MR) is 66.5 cm³/mol. The van der Waals surface area contributed by atoms with E-state index in [-0.39, 0.29) is 12.5 Å². The molecule has 2 rings (SSSR count). The zero-order valence-corrected chi connectivity index (χ0v) is 9.58. The van der Waals surface area contributed by atoms with Crippen LogP contribution in [0.15, 0.2) is 42.7 Å². The molecule has 0 atom stereocenters. The van der Waals surface area contributed by atoms with Crippen LogP contribution in [-0.4, -0.2) is 22.7 Å². The van der Waals surface area contributed by atoms with Gasteiger partial charge in [0.15, 0.2) is 0 Å². The number of rotatable bonds is 3. The van der Waals surface area contributed by atoms with Crippen LogP contribution in [0.3, 0.4) is 0 Å². The Labute approximate surface area is 99.5 Å². The van der Waals surface area contributed by atoms with Crippen LogP contribution in [0.1, 0.15) is 0 Å². The van der Waals surface area contributed by atoms with Gasteiger partial charge >= 0.3 is 0 Å². The second-order valence-electron chi connectivity index (χ2n) is 3.75. The van der Waals surface area contributed by atoms with Crippen molar-refractivity contribution in [1.82, 2.24) is 9.78 Å². The topological polar surface area (TPSA) is 64.2 Å². The van der Waals surface area contributed by atoms with Gasteiger partial charge in [-0.3, -0.25) is 9.48 Å². The Hall–Kier alpha value is -2.30. The fraction of sp³-hybridized carbons (Fsp3) is 0.167. The maximum absolute atomic E-state index is 11.9. The number of amides is 1. The van der Waals surface area contributed by atoms with Crippen LogP contribution in [0.25, 0.3) is 0 Å². The number of aromatic nitrogens is 2. The zero-order valence-electron chi connectivity index (χ0n) is 9.58. The third-order valence-corrected chi connectivity index (χ3v) is 2.51. The van der Waals surface area contributed by atoms with Gasteiger partial charge in [-0.25, -0.2) is 0 Å². The predicted octanol–water partition coefficient (Wildman–Crippen LogP) is 1.13. The van der Waals surface area contributed by atoms with Gasteiger partial charge in [0.1, 0.15) is 6.54 Å². The van der Waals surface area contributed by atoms with E-state index >= 15 is 0 Å².